The number of hydrogen-bond donors (Lipinski definition) is 1. The number of amides is 2. The van der Waals surface area contributed by atoms with Gasteiger partial charge in [0.05, 0.1) is 7.11 Å². The topological polar surface area (TPSA) is 59.4 Å². The minimum absolute atomic E-state index is 0.0100. The molecule has 1 aromatic carbocycles. The summed E-state index contributed by atoms with van der Waals surface area (Å²) in [7, 11) is 1.65. The maximum atomic E-state index is 12.6. The number of likely N-dealkylation sites (tertiary alicyclic amines) is 1. The fraction of sp³-hybridized carbons (Fsp3) is 0.524. The summed E-state index contributed by atoms with van der Waals surface area (Å²) in [5, 5.41) is 3.05. The van der Waals surface area contributed by atoms with Crippen molar-refractivity contribution < 1.29 is 9.53 Å². The van der Waals surface area contributed by atoms with Gasteiger partial charge in [0.15, 0.2) is 0 Å². The Morgan fingerprint density at radius 3 is 2.81 bits per heavy atom. The predicted molar refractivity (Wildman–Crippen MR) is 104 cm³/mol. The molecule has 4 rings (SSSR count). The van der Waals surface area contributed by atoms with Crippen LogP contribution in [0.25, 0.3) is 0 Å². The summed E-state index contributed by atoms with van der Waals surface area (Å²) in [5.41, 5.74) is 1.07. The quantitative estimate of drug-likeness (QED) is 0.850. The van der Waals surface area contributed by atoms with Gasteiger partial charge in [-0.05, 0) is 49.3 Å². The van der Waals surface area contributed by atoms with E-state index in [0.29, 0.717) is 12.5 Å². The van der Waals surface area contributed by atoms with Crippen molar-refractivity contribution in [3.05, 3.63) is 48.0 Å². The Kier molecular flexibility index (Phi) is 5.32. The molecular weight excluding hydrogens is 340 g/mol. The number of urea groups is 1. The molecule has 0 unspecified atom stereocenters. The number of nitrogens with one attached hydrogen (secondary N) is 1. The van der Waals surface area contributed by atoms with Gasteiger partial charge >= 0.3 is 6.03 Å². The van der Waals surface area contributed by atoms with Crippen molar-refractivity contribution in [3.8, 4) is 5.75 Å². The zero-order valence-corrected chi connectivity index (χ0v) is 15.9. The molecule has 1 N–H and O–H groups in total. The van der Waals surface area contributed by atoms with Crippen LogP contribution in [-0.2, 0) is 13.1 Å². The number of carbonyl (C=O) groups is 1. The molecule has 2 amide bonds. The lowest BCUT2D eigenvalue weighted by molar-refractivity contribution is 0.177. The number of methoxy groups -OCH3 is 1. The van der Waals surface area contributed by atoms with Crippen molar-refractivity contribution in [2.24, 2.45) is 5.92 Å². The number of rotatable bonds is 6. The van der Waals surface area contributed by atoms with Crippen LogP contribution >= 0.6 is 0 Å². The zero-order valence-electron chi connectivity index (χ0n) is 15.9. The number of ether oxygens (including phenoxy) is 1. The van der Waals surface area contributed by atoms with E-state index in [9.17, 15) is 4.79 Å². The molecule has 1 atom stereocenters. The summed E-state index contributed by atoms with van der Waals surface area (Å²) in [4.78, 5) is 19.2. The van der Waals surface area contributed by atoms with Gasteiger partial charge in [0.25, 0.3) is 0 Å². The summed E-state index contributed by atoms with van der Waals surface area (Å²) in [6, 6.07) is 7.80. The molecule has 0 bridgehead atoms. The third-order valence-corrected chi connectivity index (χ3v) is 5.58. The van der Waals surface area contributed by atoms with E-state index in [-0.39, 0.29) is 6.03 Å². The van der Waals surface area contributed by atoms with Crippen LogP contribution < -0.4 is 10.1 Å². The summed E-state index contributed by atoms with van der Waals surface area (Å²) >= 11 is 0. The van der Waals surface area contributed by atoms with Crippen LogP contribution in [0.1, 0.15) is 43.0 Å². The van der Waals surface area contributed by atoms with E-state index in [1.165, 1.54) is 12.8 Å². The second kappa shape index (κ2) is 8.03. The molecule has 1 aromatic heterocycles. The number of imidazole rings is 1. The number of aromatic nitrogens is 2. The number of piperidine rings is 1. The first-order chi connectivity index (χ1) is 13.2. The van der Waals surface area contributed by atoms with Crippen molar-refractivity contribution in [1.29, 1.82) is 0 Å². The van der Waals surface area contributed by atoms with Crippen molar-refractivity contribution in [2.45, 2.75) is 44.7 Å². The molecular formula is C21H28N4O2. The standard InChI is InChI=1S/C21H28N4O2/c1-27-19-8-6-16(7-9-19)13-23-21(26)25-11-2-3-18(15-25)20-22-10-12-24(20)14-17-4-5-17/h6-10,12,17-18H,2-5,11,13-15H2,1H3,(H,23,26)/t18-/m1/s1. The lowest BCUT2D eigenvalue weighted by atomic mass is 9.97. The van der Waals surface area contributed by atoms with Gasteiger partial charge in [-0.25, -0.2) is 9.78 Å². The molecule has 0 spiro atoms. The first-order valence-corrected chi connectivity index (χ1v) is 9.89. The Morgan fingerprint density at radius 1 is 1.26 bits per heavy atom. The first-order valence-electron chi connectivity index (χ1n) is 9.89. The van der Waals surface area contributed by atoms with Crippen LogP contribution in [0.15, 0.2) is 36.7 Å². The molecule has 2 fully saturated rings. The monoisotopic (exact) mass is 368 g/mol. The Bertz CT molecular complexity index is 767. The SMILES string of the molecule is COc1ccc(CNC(=O)N2CCC[C@@H](c3nccn3CC3CC3)C2)cc1. The fourth-order valence-electron chi connectivity index (χ4n) is 3.82. The smallest absolute Gasteiger partial charge is 0.317 e. The highest BCUT2D eigenvalue weighted by Gasteiger charge is 2.29. The molecule has 144 valence electrons. The molecule has 6 nitrogen and oxygen atoms in total. The fourth-order valence-corrected chi connectivity index (χ4v) is 3.82. The Balaban J connectivity index is 1.33. The minimum atomic E-state index is 0.0100. The van der Waals surface area contributed by atoms with Crippen LogP contribution in [0.3, 0.4) is 0 Å². The van der Waals surface area contributed by atoms with E-state index in [2.05, 4.69) is 21.1 Å². The molecule has 2 heterocycles. The van der Waals surface area contributed by atoms with Crippen LogP contribution in [0.4, 0.5) is 4.79 Å². The van der Waals surface area contributed by atoms with E-state index >= 15 is 0 Å². The molecule has 2 aromatic rings. The van der Waals surface area contributed by atoms with Crippen LogP contribution in [0.2, 0.25) is 0 Å². The average molecular weight is 368 g/mol. The highest BCUT2D eigenvalue weighted by atomic mass is 16.5. The molecule has 1 saturated carbocycles. The molecule has 1 aliphatic carbocycles. The highest BCUT2D eigenvalue weighted by Crippen LogP contribution is 2.33. The third kappa shape index (κ3) is 4.43. The summed E-state index contributed by atoms with van der Waals surface area (Å²) in [6.45, 7) is 3.17. The van der Waals surface area contributed by atoms with E-state index in [1.54, 1.807) is 7.11 Å². The van der Waals surface area contributed by atoms with Gasteiger partial charge in [0, 0.05) is 44.5 Å². The largest absolute Gasteiger partial charge is 0.497 e. The Morgan fingerprint density at radius 2 is 2.07 bits per heavy atom. The molecule has 2 aliphatic rings. The van der Waals surface area contributed by atoms with E-state index in [1.807, 2.05) is 35.4 Å². The van der Waals surface area contributed by atoms with E-state index < -0.39 is 0 Å². The first kappa shape index (κ1) is 17.9. The van der Waals surface area contributed by atoms with E-state index in [4.69, 9.17) is 4.74 Å². The number of benzene rings is 1. The Hall–Kier alpha value is -2.50. The van der Waals surface area contributed by atoms with Crippen molar-refractivity contribution >= 4 is 6.03 Å². The second-order valence-electron chi connectivity index (χ2n) is 7.67. The lowest BCUT2D eigenvalue weighted by Crippen LogP contribution is -2.45. The maximum absolute atomic E-state index is 12.6. The summed E-state index contributed by atoms with van der Waals surface area (Å²) < 4.78 is 7.48. The Labute approximate surface area is 160 Å². The van der Waals surface area contributed by atoms with Gasteiger partial charge in [0.2, 0.25) is 0 Å². The van der Waals surface area contributed by atoms with Crippen LogP contribution in [-0.4, -0.2) is 40.7 Å². The molecule has 1 saturated heterocycles. The van der Waals surface area contributed by atoms with Gasteiger partial charge in [-0.3, -0.25) is 0 Å². The van der Waals surface area contributed by atoms with Gasteiger partial charge in [0.1, 0.15) is 11.6 Å². The normalized spacial score (nSPS) is 19.7. The number of nitrogens with zero attached hydrogens (tertiary/aromatic N) is 3. The van der Waals surface area contributed by atoms with E-state index in [0.717, 1.165) is 55.5 Å². The highest BCUT2D eigenvalue weighted by molar-refractivity contribution is 5.74. The number of carbonyl (C=O) groups excluding carboxylic acids is 1. The average Bonchev–Trinajstić information content (AvgIpc) is 3.41. The second-order valence-corrected chi connectivity index (χ2v) is 7.67. The third-order valence-electron chi connectivity index (χ3n) is 5.58. The molecule has 27 heavy (non-hydrogen) atoms. The van der Waals surface area contributed by atoms with Crippen molar-refractivity contribution in [1.82, 2.24) is 19.8 Å². The predicted octanol–water partition coefficient (Wildman–Crippen LogP) is 3.39. The zero-order chi connectivity index (χ0) is 18.6. The van der Waals surface area contributed by atoms with Gasteiger partial charge in [-0.2, -0.15) is 0 Å². The van der Waals surface area contributed by atoms with Gasteiger partial charge < -0.3 is 19.5 Å². The minimum Gasteiger partial charge on any atom is -0.497 e. The number of hydrogen-bond acceptors (Lipinski definition) is 3. The molecule has 1 aliphatic heterocycles. The van der Waals surface area contributed by atoms with Crippen molar-refractivity contribution in [2.75, 3.05) is 20.2 Å². The van der Waals surface area contributed by atoms with Crippen LogP contribution in [0.5, 0.6) is 5.75 Å². The van der Waals surface area contributed by atoms with Crippen LogP contribution in [0, 0.1) is 5.92 Å². The summed E-state index contributed by atoms with van der Waals surface area (Å²) in [6.07, 6.45) is 8.79. The lowest BCUT2D eigenvalue weighted by Gasteiger charge is -2.32. The van der Waals surface area contributed by atoms with Crippen molar-refractivity contribution in [3.63, 3.8) is 0 Å². The molecule has 0 radical (unpaired) electrons. The maximum Gasteiger partial charge on any atom is 0.317 e. The molecule has 6 heteroatoms. The van der Waals surface area contributed by atoms with Gasteiger partial charge in [-0.15, -0.1) is 0 Å². The summed E-state index contributed by atoms with van der Waals surface area (Å²) in [5.74, 6) is 3.13. The van der Waals surface area contributed by atoms with Gasteiger partial charge in [-0.1, -0.05) is 12.1 Å².